The van der Waals surface area contributed by atoms with Gasteiger partial charge in [0.2, 0.25) is 0 Å². The normalized spacial score (nSPS) is 10.7. The molecule has 4 nitrogen and oxygen atoms in total. The molecule has 0 aliphatic heterocycles. The molecule has 0 bridgehead atoms. The van der Waals surface area contributed by atoms with Crippen LogP contribution in [0.15, 0.2) is 55.1 Å². The van der Waals surface area contributed by atoms with Crippen LogP contribution in [0.5, 0.6) is 5.75 Å². The minimum atomic E-state index is 0.708. The van der Waals surface area contributed by atoms with Crippen molar-refractivity contribution in [1.82, 2.24) is 15.0 Å². The number of ether oxygens (including phenoxy) is 1. The van der Waals surface area contributed by atoms with Crippen molar-refractivity contribution >= 4 is 17.1 Å². The first-order chi connectivity index (χ1) is 10.9. The maximum atomic E-state index is 5.73. The molecule has 0 N–H and O–H groups in total. The standard InChI is InChI=1S/C18H19N3O/c1-2-15-9-11-16(12-10-15)22-14-6-5-13-21-18-8-4-3-7-17(18)19-20-21/h2-4,7-12H,1,5-6,13-14H2. The van der Waals surface area contributed by atoms with Crippen LogP contribution in [0.3, 0.4) is 0 Å². The Morgan fingerprint density at radius 3 is 2.68 bits per heavy atom. The molecular weight excluding hydrogens is 274 g/mol. The van der Waals surface area contributed by atoms with Crippen LogP contribution in [0.2, 0.25) is 0 Å². The van der Waals surface area contributed by atoms with E-state index in [4.69, 9.17) is 4.74 Å². The minimum Gasteiger partial charge on any atom is -0.494 e. The molecule has 3 aromatic rings. The third-order valence-electron chi connectivity index (χ3n) is 3.57. The van der Waals surface area contributed by atoms with Gasteiger partial charge in [-0.25, -0.2) is 4.68 Å². The molecule has 2 aromatic carbocycles. The Bertz CT molecular complexity index is 746. The second-order valence-corrected chi connectivity index (χ2v) is 5.13. The smallest absolute Gasteiger partial charge is 0.119 e. The molecule has 0 amide bonds. The van der Waals surface area contributed by atoms with Crippen molar-refractivity contribution in [3.05, 3.63) is 60.7 Å². The zero-order valence-electron chi connectivity index (χ0n) is 12.5. The molecule has 0 saturated carbocycles. The minimum absolute atomic E-state index is 0.708. The molecule has 0 unspecified atom stereocenters. The number of aryl methyl sites for hydroxylation is 1. The van der Waals surface area contributed by atoms with Gasteiger partial charge < -0.3 is 4.74 Å². The van der Waals surface area contributed by atoms with Gasteiger partial charge in [0, 0.05) is 6.54 Å². The summed E-state index contributed by atoms with van der Waals surface area (Å²) in [6.45, 7) is 5.31. The van der Waals surface area contributed by atoms with E-state index in [9.17, 15) is 0 Å². The van der Waals surface area contributed by atoms with Crippen molar-refractivity contribution < 1.29 is 4.74 Å². The number of benzene rings is 2. The quantitative estimate of drug-likeness (QED) is 0.620. The first-order valence-corrected chi connectivity index (χ1v) is 7.50. The lowest BCUT2D eigenvalue weighted by molar-refractivity contribution is 0.302. The van der Waals surface area contributed by atoms with E-state index >= 15 is 0 Å². The summed E-state index contributed by atoms with van der Waals surface area (Å²) in [5.74, 6) is 0.900. The zero-order chi connectivity index (χ0) is 15.2. The maximum Gasteiger partial charge on any atom is 0.119 e. The van der Waals surface area contributed by atoms with Crippen molar-refractivity contribution in [2.75, 3.05) is 6.61 Å². The van der Waals surface area contributed by atoms with Crippen LogP contribution in [0.4, 0.5) is 0 Å². The Morgan fingerprint density at radius 2 is 1.86 bits per heavy atom. The van der Waals surface area contributed by atoms with Gasteiger partial charge in [0.1, 0.15) is 11.3 Å². The Hall–Kier alpha value is -2.62. The average Bonchev–Trinajstić information content (AvgIpc) is 2.98. The fourth-order valence-corrected chi connectivity index (χ4v) is 2.34. The predicted octanol–water partition coefficient (Wildman–Crippen LogP) is 3.93. The van der Waals surface area contributed by atoms with Gasteiger partial charge in [-0.1, -0.05) is 42.1 Å². The highest BCUT2D eigenvalue weighted by Gasteiger charge is 2.02. The fourth-order valence-electron chi connectivity index (χ4n) is 2.34. The predicted molar refractivity (Wildman–Crippen MR) is 88.8 cm³/mol. The lowest BCUT2D eigenvalue weighted by Gasteiger charge is -2.06. The number of para-hydroxylation sites is 1. The summed E-state index contributed by atoms with van der Waals surface area (Å²) in [5.41, 5.74) is 3.13. The summed E-state index contributed by atoms with van der Waals surface area (Å²) >= 11 is 0. The van der Waals surface area contributed by atoms with Gasteiger partial charge in [-0.05, 0) is 42.7 Å². The molecule has 1 heterocycles. The molecule has 0 fully saturated rings. The van der Waals surface area contributed by atoms with Crippen LogP contribution >= 0.6 is 0 Å². The van der Waals surface area contributed by atoms with Crippen molar-refractivity contribution in [2.24, 2.45) is 0 Å². The Kier molecular flexibility index (Phi) is 4.49. The molecule has 0 saturated heterocycles. The monoisotopic (exact) mass is 293 g/mol. The number of unbranched alkanes of at least 4 members (excludes halogenated alkanes) is 1. The number of hydrogen-bond donors (Lipinski definition) is 0. The summed E-state index contributed by atoms with van der Waals surface area (Å²) < 4.78 is 7.69. The van der Waals surface area contributed by atoms with Crippen LogP contribution in [-0.2, 0) is 6.54 Å². The van der Waals surface area contributed by atoms with Crippen LogP contribution in [0, 0.1) is 0 Å². The van der Waals surface area contributed by atoms with Crippen molar-refractivity contribution in [1.29, 1.82) is 0 Å². The first kappa shape index (κ1) is 14.3. The van der Waals surface area contributed by atoms with Crippen molar-refractivity contribution in [2.45, 2.75) is 19.4 Å². The molecule has 0 radical (unpaired) electrons. The van der Waals surface area contributed by atoms with Gasteiger partial charge in [-0.15, -0.1) is 5.10 Å². The van der Waals surface area contributed by atoms with E-state index in [0.29, 0.717) is 6.61 Å². The first-order valence-electron chi connectivity index (χ1n) is 7.50. The lowest BCUT2D eigenvalue weighted by Crippen LogP contribution is -2.03. The van der Waals surface area contributed by atoms with E-state index in [1.54, 1.807) is 0 Å². The molecular formula is C18H19N3O. The summed E-state index contributed by atoms with van der Waals surface area (Å²) in [4.78, 5) is 0. The highest BCUT2D eigenvalue weighted by molar-refractivity contribution is 5.73. The molecule has 0 aliphatic carbocycles. The number of fused-ring (bicyclic) bond motifs is 1. The summed E-state index contributed by atoms with van der Waals surface area (Å²) in [6.07, 6.45) is 3.82. The maximum absolute atomic E-state index is 5.73. The largest absolute Gasteiger partial charge is 0.494 e. The van der Waals surface area contributed by atoms with E-state index in [-0.39, 0.29) is 0 Å². The van der Waals surface area contributed by atoms with Crippen LogP contribution in [-0.4, -0.2) is 21.6 Å². The second-order valence-electron chi connectivity index (χ2n) is 5.13. The highest BCUT2D eigenvalue weighted by atomic mass is 16.5. The summed E-state index contributed by atoms with van der Waals surface area (Å²) in [7, 11) is 0. The summed E-state index contributed by atoms with van der Waals surface area (Å²) in [6, 6.07) is 16.0. The average molecular weight is 293 g/mol. The lowest BCUT2D eigenvalue weighted by atomic mass is 10.2. The molecule has 0 aliphatic rings. The van der Waals surface area contributed by atoms with Gasteiger partial charge in [-0.2, -0.15) is 0 Å². The molecule has 112 valence electrons. The van der Waals surface area contributed by atoms with E-state index in [2.05, 4.69) is 16.9 Å². The van der Waals surface area contributed by atoms with E-state index in [1.807, 2.05) is 59.3 Å². The van der Waals surface area contributed by atoms with Crippen molar-refractivity contribution in [3.63, 3.8) is 0 Å². The topological polar surface area (TPSA) is 39.9 Å². The second kappa shape index (κ2) is 6.89. The van der Waals surface area contributed by atoms with Crippen LogP contribution in [0.25, 0.3) is 17.1 Å². The van der Waals surface area contributed by atoms with Gasteiger partial charge in [-0.3, -0.25) is 0 Å². The Morgan fingerprint density at radius 1 is 1.05 bits per heavy atom. The number of rotatable bonds is 7. The summed E-state index contributed by atoms with van der Waals surface area (Å²) in [5, 5.41) is 8.34. The molecule has 4 heteroatoms. The number of aromatic nitrogens is 3. The van der Waals surface area contributed by atoms with Crippen LogP contribution in [0.1, 0.15) is 18.4 Å². The van der Waals surface area contributed by atoms with E-state index in [1.165, 1.54) is 0 Å². The third kappa shape index (κ3) is 3.34. The SMILES string of the molecule is C=Cc1ccc(OCCCCn2nnc3ccccc32)cc1. The Balaban J connectivity index is 1.44. The number of nitrogens with zero attached hydrogens (tertiary/aromatic N) is 3. The fraction of sp³-hybridized carbons (Fsp3) is 0.222. The molecule has 1 aromatic heterocycles. The zero-order valence-corrected chi connectivity index (χ0v) is 12.5. The van der Waals surface area contributed by atoms with Gasteiger partial charge in [0.25, 0.3) is 0 Å². The van der Waals surface area contributed by atoms with Crippen LogP contribution < -0.4 is 4.74 Å². The highest BCUT2D eigenvalue weighted by Crippen LogP contribution is 2.14. The molecule has 22 heavy (non-hydrogen) atoms. The third-order valence-corrected chi connectivity index (χ3v) is 3.57. The Labute approximate surface area is 130 Å². The number of hydrogen-bond acceptors (Lipinski definition) is 3. The van der Waals surface area contributed by atoms with E-state index in [0.717, 1.165) is 41.7 Å². The molecule has 0 atom stereocenters. The van der Waals surface area contributed by atoms with Gasteiger partial charge in [0.05, 0.1) is 12.1 Å². The van der Waals surface area contributed by atoms with Gasteiger partial charge in [0.15, 0.2) is 0 Å². The van der Waals surface area contributed by atoms with Crippen molar-refractivity contribution in [3.8, 4) is 5.75 Å². The van der Waals surface area contributed by atoms with E-state index < -0.39 is 0 Å². The molecule has 3 rings (SSSR count). The molecule has 0 spiro atoms. The van der Waals surface area contributed by atoms with Gasteiger partial charge >= 0.3 is 0 Å².